The highest BCUT2D eigenvalue weighted by Gasteiger charge is 2.43. The molecular formula is C13H22N4O. The van der Waals surface area contributed by atoms with Crippen LogP contribution in [0, 0.1) is 11.3 Å². The van der Waals surface area contributed by atoms with E-state index in [1.165, 1.54) is 0 Å². The molecule has 0 aromatic carbocycles. The van der Waals surface area contributed by atoms with Gasteiger partial charge in [-0.2, -0.15) is 5.10 Å². The number of nitrogens with one attached hydrogen (secondary N) is 2. The fourth-order valence-electron chi connectivity index (χ4n) is 2.52. The number of amides is 1. The first-order chi connectivity index (χ1) is 8.58. The van der Waals surface area contributed by atoms with Crippen molar-refractivity contribution in [3.05, 3.63) is 12.4 Å². The smallest absolute Gasteiger partial charge is 0.232 e. The van der Waals surface area contributed by atoms with Gasteiger partial charge in [0.1, 0.15) is 0 Å². The second-order valence-corrected chi connectivity index (χ2v) is 5.28. The van der Waals surface area contributed by atoms with E-state index in [9.17, 15) is 4.79 Å². The van der Waals surface area contributed by atoms with Gasteiger partial charge < -0.3 is 10.6 Å². The van der Waals surface area contributed by atoms with E-state index in [0.717, 1.165) is 31.7 Å². The first-order valence-corrected chi connectivity index (χ1v) is 6.63. The molecule has 5 nitrogen and oxygen atoms in total. The zero-order valence-electron chi connectivity index (χ0n) is 11.4. The largest absolute Gasteiger partial charge is 0.323 e. The summed E-state index contributed by atoms with van der Waals surface area (Å²) in [5.41, 5.74) is 0.502. The molecule has 1 aliphatic heterocycles. The molecule has 18 heavy (non-hydrogen) atoms. The molecular weight excluding hydrogens is 228 g/mol. The van der Waals surface area contributed by atoms with Crippen molar-refractivity contribution < 1.29 is 4.79 Å². The van der Waals surface area contributed by atoms with Crippen molar-refractivity contribution in [1.29, 1.82) is 0 Å². The predicted octanol–water partition coefficient (Wildman–Crippen LogP) is 1.48. The Kier molecular flexibility index (Phi) is 3.71. The molecule has 0 aliphatic carbocycles. The minimum absolute atomic E-state index is 0.109. The zero-order valence-corrected chi connectivity index (χ0v) is 11.4. The molecule has 100 valence electrons. The molecule has 0 saturated carbocycles. The number of nitrogens with zero attached hydrogens (tertiary/aromatic N) is 2. The average molecular weight is 250 g/mol. The molecule has 1 aromatic rings. The first-order valence-electron chi connectivity index (χ1n) is 6.63. The summed E-state index contributed by atoms with van der Waals surface area (Å²) in [6.45, 7) is 8.74. The molecule has 1 aliphatic rings. The number of hydrogen-bond donors (Lipinski definition) is 2. The lowest BCUT2D eigenvalue weighted by Gasteiger charge is -2.30. The number of hydrogen-bond acceptors (Lipinski definition) is 3. The first kappa shape index (κ1) is 13.1. The Morgan fingerprint density at radius 3 is 2.94 bits per heavy atom. The number of aryl methyl sites for hydroxylation is 1. The van der Waals surface area contributed by atoms with Gasteiger partial charge >= 0.3 is 0 Å². The van der Waals surface area contributed by atoms with Gasteiger partial charge in [0.15, 0.2) is 0 Å². The van der Waals surface area contributed by atoms with E-state index in [-0.39, 0.29) is 11.3 Å². The van der Waals surface area contributed by atoms with Crippen LogP contribution in [0.4, 0.5) is 5.69 Å². The second kappa shape index (κ2) is 5.10. The van der Waals surface area contributed by atoms with Crippen LogP contribution in [0.3, 0.4) is 0 Å². The van der Waals surface area contributed by atoms with Crippen molar-refractivity contribution in [2.45, 2.75) is 33.7 Å². The highest BCUT2D eigenvalue weighted by molar-refractivity contribution is 5.95. The van der Waals surface area contributed by atoms with Crippen LogP contribution in [0.1, 0.15) is 27.2 Å². The molecule has 1 unspecified atom stereocenters. The van der Waals surface area contributed by atoms with Gasteiger partial charge in [0, 0.05) is 19.3 Å². The Balaban J connectivity index is 2.10. The van der Waals surface area contributed by atoms with Gasteiger partial charge in [0.2, 0.25) is 5.91 Å². The van der Waals surface area contributed by atoms with Crippen LogP contribution in [0.5, 0.6) is 0 Å². The van der Waals surface area contributed by atoms with Crippen molar-refractivity contribution in [3.8, 4) is 0 Å². The van der Waals surface area contributed by atoms with Gasteiger partial charge in [-0.1, -0.05) is 13.8 Å². The molecule has 2 rings (SSSR count). The fraction of sp³-hybridized carbons (Fsp3) is 0.692. The molecule has 0 spiro atoms. The standard InChI is InChI=1S/C13H22N4O/c1-4-17-8-11(7-15-17)16-12(18)13(10(2)3)5-6-14-9-13/h7-8,10,14H,4-6,9H2,1-3H3,(H,16,18). The quantitative estimate of drug-likeness (QED) is 0.851. The Bertz CT molecular complexity index is 418. The third kappa shape index (κ3) is 2.27. The molecule has 0 radical (unpaired) electrons. The second-order valence-electron chi connectivity index (χ2n) is 5.28. The number of carbonyl (C=O) groups excluding carboxylic acids is 1. The Labute approximate surface area is 108 Å². The zero-order chi connectivity index (χ0) is 13.2. The maximum Gasteiger partial charge on any atom is 0.232 e. The average Bonchev–Trinajstić information content (AvgIpc) is 2.97. The van der Waals surface area contributed by atoms with Crippen LogP contribution in [0.25, 0.3) is 0 Å². The van der Waals surface area contributed by atoms with Crippen LogP contribution >= 0.6 is 0 Å². The number of rotatable bonds is 4. The van der Waals surface area contributed by atoms with Gasteiger partial charge in [-0.25, -0.2) is 0 Å². The predicted molar refractivity (Wildman–Crippen MR) is 71.3 cm³/mol. The monoisotopic (exact) mass is 250 g/mol. The number of carbonyl (C=O) groups is 1. The van der Waals surface area contributed by atoms with E-state index < -0.39 is 0 Å². The summed E-state index contributed by atoms with van der Waals surface area (Å²) in [7, 11) is 0. The van der Waals surface area contributed by atoms with Crippen LogP contribution in [0.2, 0.25) is 0 Å². The summed E-state index contributed by atoms with van der Waals surface area (Å²) < 4.78 is 1.81. The van der Waals surface area contributed by atoms with E-state index in [1.807, 2.05) is 17.8 Å². The maximum atomic E-state index is 12.5. The van der Waals surface area contributed by atoms with E-state index >= 15 is 0 Å². The topological polar surface area (TPSA) is 59.0 Å². The minimum Gasteiger partial charge on any atom is -0.323 e. The lowest BCUT2D eigenvalue weighted by atomic mass is 9.75. The van der Waals surface area contributed by atoms with Gasteiger partial charge in [-0.05, 0) is 25.8 Å². The Morgan fingerprint density at radius 1 is 1.67 bits per heavy atom. The lowest BCUT2D eigenvalue weighted by molar-refractivity contribution is -0.126. The molecule has 5 heteroatoms. The van der Waals surface area contributed by atoms with Crippen LogP contribution < -0.4 is 10.6 Å². The Morgan fingerprint density at radius 2 is 2.44 bits per heavy atom. The number of aromatic nitrogens is 2. The van der Waals surface area contributed by atoms with Crippen molar-refractivity contribution in [1.82, 2.24) is 15.1 Å². The van der Waals surface area contributed by atoms with Crippen molar-refractivity contribution in [2.75, 3.05) is 18.4 Å². The molecule has 0 bridgehead atoms. The van der Waals surface area contributed by atoms with Gasteiger partial charge in [0.05, 0.1) is 17.3 Å². The van der Waals surface area contributed by atoms with Crippen LogP contribution in [0.15, 0.2) is 12.4 Å². The normalized spacial score (nSPS) is 23.6. The molecule has 2 N–H and O–H groups in total. The Hall–Kier alpha value is -1.36. The molecule has 2 heterocycles. The van der Waals surface area contributed by atoms with Crippen LogP contribution in [-0.4, -0.2) is 28.8 Å². The van der Waals surface area contributed by atoms with Gasteiger partial charge in [-0.3, -0.25) is 9.48 Å². The third-order valence-corrected chi connectivity index (χ3v) is 3.96. The fourth-order valence-corrected chi connectivity index (χ4v) is 2.52. The lowest BCUT2D eigenvalue weighted by Crippen LogP contribution is -2.42. The third-order valence-electron chi connectivity index (χ3n) is 3.96. The van der Waals surface area contributed by atoms with E-state index in [0.29, 0.717) is 5.92 Å². The highest BCUT2D eigenvalue weighted by Crippen LogP contribution is 2.35. The molecule has 1 amide bonds. The molecule has 1 fully saturated rings. The summed E-state index contributed by atoms with van der Waals surface area (Å²) >= 11 is 0. The summed E-state index contributed by atoms with van der Waals surface area (Å²) in [4.78, 5) is 12.5. The number of anilines is 1. The highest BCUT2D eigenvalue weighted by atomic mass is 16.2. The summed E-state index contributed by atoms with van der Waals surface area (Å²) in [5.74, 6) is 0.437. The SMILES string of the molecule is CCn1cc(NC(=O)C2(C(C)C)CCNC2)cn1. The molecule has 1 aromatic heterocycles. The minimum atomic E-state index is -0.283. The van der Waals surface area contributed by atoms with Crippen molar-refractivity contribution >= 4 is 11.6 Å². The van der Waals surface area contributed by atoms with Crippen LogP contribution in [-0.2, 0) is 11.3 Å². The molecule has 1 atom stereocenters. The summed E-state index contributed by atoms with van der Waals surface area (Å²) in [6.07, 6.45) is 4.48. The van der Waals surface area contributed by atoms with E-state index in [1.54, 1.807) is 6.20 Å². The van der Waals surface area contributed by atoms with Crippen molar-refractivity contribution in [2.24, 2.45) is 11.3 Å². The summed E-state index contributed by atoms with van der Waals surface area (Å²) in [6, 6.07) is 0. The van der Waals surface area contributed by atoms with E-state index in [2.05, 4.69) is 29.6 Å². The van der Waals surface area contributed by atoms with Gasteiger partial charge in [-0.15, -0.1) is 0 Å². The van der Waals surface area contributed by atoms with E-state index in [4.69, 9.17) is 0 Å². The van der Waals surface area contributed by atoms with Crippen molar-refractivity contribution in [3.63, 3.8) is 0 Å². The summed E-state index contributed by atoms with van der Waals surface area (Å²) in [5, 5.41) is 10.5. The molecule has 1 saturated heterocycles. The maximum absolute atomic E-state index is 12.5. The van der Waals surface area contributed by atoms with Gasteiger partial charge in [0.25, 0.3) is 0 Å².